The van der Waals surface area contributed by atoms with Gasteiger partial charge in [-0.2, -0.15) is 0 Å². The number of ether oxygens (including phenoxy) is 1. The van der Waals surface area contributed by atoms with Gasteiger partial charge in [0.15, 0.2) is 0 Å². The number of hydrogen-bond donors (Lipinski definition) is 1. The quantitative estimate of drug-likeness (QED) is 0.844. The van der Waals surface area contributed by atoms with Crippen LogP contribution in [0, 0.1) is 0 Å². The third kappa shape index (κ3) is 2.99. The fourth-order valence-corrected chi connectivity index (χ4v) is 1.48. The molecule has 0 unspecified atom stereocenters. The summed E-state index contributed by atoms with van der Waals surface area (Å²) in [5.74, 6) is 0.746. The van der Waals surface area contributed by atoms with E-state index in [1.54, 1.807) is 6.07 Å². The first-order chi connectivity index (χ1) is 7.65. The van der Waals surface area contributed by atoms with E-state index in [0.29, 0.717) is 11.6 Å². The van der Waals surface area contributed by atoms with E-state index in [9.17, 15) is 4.79 Å². The highest BCUT2D eigenvalue weighted by Crippen LogP contribution is 2.20. The summed E-state index contributed by atoms with van der Waals surface area (Å²) in [5.41, 5.74) is 0.671. The van der Waals surface area contributed by atoms with Crippen molar-refractivity contribution in [2.75, 3.05) is 0 Å². The topological polar surface area (TPSA) is 38.3 Å². The molecule has 1 amide bonds. The second kappa shape index (κ2) is 4.56. The molecule has 0 atom stereocenters. The van der Waals surface area contributed by atoms with Gasteiger partial charge in [-0.15, -0.1) is 0 Å². The Kier molecular flexibility index (Phi) is 3.13. The smallest absolute Gasteiger partial charge is 0.251 e. The number of benzene rings is 1. The minimum atomic E-state index is -0.00305. The molecule has 1 aliphatic carbocycles. The van der Waals surface area contributed by atoms with Crippen molar-refractivity contribution >= 4 is 5.91 Å². The lowest BCUT2D eigenvalue weighted by molar-refractivity contribution is 0.0950. The Balaban J connectivity index is 2.04. The Morgan fingerprint density at radius 1 is 1.44 bits per heavy atom. The average molecular weight is 219 g/mol. The third-order valence-electron chi connectivity index (χ3n) is 2.38. The third-order valence-corrected chi connectivity index (χ3v) is 2.38. The van der Waals surface area contributed by atoms with Gasteiger partial charge >= 0.3 is 0 Å². The van der Waals surface area contributed by atoms with Gasteiger partial charge in [-0.1, -0.05) is 6.07 Å². The maximum atomic E-state index is 11.8. The molecule has 1 aliphatic rings. The maximum absolute atomic E-state index is 11.8. The van der Waals surface area contributed by atoms with Crippen molar-refractivity contribution in [1.29, 1.82) is 0 Å². The minimum absolute atomic E-state index is 0.00305. The Bertz CT molecular complexity index is 383. The first-order valence-electron chi connectivity index (χ1n) is 5.73. The second-order valence-corrected chi connectivity index (χ2v) is 4.44. The van der Waals surface area contributed by atoms with Crippen LogP contribution in [0.2, 0.25) is 0 Å². The highest BCUT2D eigenvalue weighted by Gasteiger charge is 2.23. The van der Waals surface area contributed by atoms with Gasteiger partial charge in [0.25, 0.3) is 5.91 Å². The zero-order chi connectivity index (χ0) is 11.5. The Morgan fingerprint density at radius 3 is 2.81 bits per heavy atom. The van der Waals surface area contributed by atoms with Crippen LogP contribution in [-0.4, -0.2) is 18.1 Å². The summed E-state index contributed by atoms with van der Waals surface area (Å²) in [6.07, 6.45) is 2.34. The molecule has 1 aromatic carbocycles. The number of rotatable bonds is 4. The van der Waals surface area contributed by atoms with E-state index in [1.807, 2.05) is 32.0 Å². The van der Waals surface area contributed by atoms with Crippen LogP contribution in [0.15, 0.2) is 24.3 Å². The largest absolute Gasteiger partial charge is 0.491 e. The van der Waals surface area contributed by atoms with Crippen LogP contribution in [0.25, 0.3) is 0 Å². The molecule has 16 heavy (non-hydrogen) atoms. The minimum Gasteiger partial charge on any atom is -0.491 e. The fourth-order valence-electron chi connectivity index (χ4n) is 1.48. The van der Waals surface area contributed by atoms with Gasteiger partial charge in [-0.05, 0) is 44.9 Å². The van der Waals surface area contributed by atoms with Gasteiger partial charge in [0.1, 0.15) is 5.75 Å². The summed E-state index contributed by atoms with van der Waals surface area (Å²) in [5, 5.41) is 2.96. The van der Waals surface area contributed by atoms with Gasteiger partial charge in [0, 0.05) is 11.6 Å². The van der Waals surface area contributed by atoms with E-state index >= 15 is 0 Å². The van der Waals surface area contributed by atoms with E-state index in [4.69, 9.17) is 4.74 Å². The summed E-state index contributed by atoms with van der Waals surface area (Å²) in [6.45, 7) is 3.94. The standard InChI is InChI=1S/C13H17NO2/c1-9(2)16-12-5-3-4-10(8-12)13(15)14-11-6-7-11/h3-5,8-9,11H,6-7H2,1-2H3,(H,14,15). The monoisotopic (exact) mass is 219 g/mol. The predicted molar refractivity (Wildman–Crippen MR) is 62.7 cm³/mol. The summed E-state index contributed by atoms with van der Waals surface area (Å²) in [7, 11) is 0. The van der Waals surface area contributed by atoms with Crippen molar-refractivity contribution in [3.05, 3.63) is 29.8 Å². The lowest BCUT2D eigenvalue weighted by Crippen LogP contribution is -2.25. The van der Waals surface area contributed by atoms with Crippen molar-refractivity contribution in [3.63, 3.8) is 0 Å². The molecule has 1 fully saturated rings. The summed E-state index contributed by atoms with van der Waals surface area (Å²) >= 11 is 0. The second-order valence-electron chi connectivity index (χ2n) is 4.44. The summed E-state index contributed by atoms with van der Waals surface area (Å²) in [4.78, 5) is 11.8. The molecule has 1 saturated carbocycles. The van der Waals surface area contributed by atoms with Crippen LogP contribution < -0.4 is 10.1 Å². The van der Waals surface area contributed by atoms with Crippen LogP contribution in [0.5, 0.6) is 5.75 Å². The number of nitrogens with one attached hydrogen (secondary N) is 1. The van der Waals surface area contributed by atoms with Crippen LogP contribution in [0.4, 0.5) is 0 Å². The maximum Gasteiger partial charge on any atom is 0.251 e. The lowest BCUT2D eigenvalue weighted by atomic mass is 10.2. The first kappa shape index (κ1) is 11.0. The number of carbonyl (C=O) groups excluding carboxylic acids is 1. The highest BCUT2D eigenvalue weighted by atomic mass is 16.5. The molecule has 3 nitrogen and oxygen atoms in total. The van der Waals surface area contributed by atoms with Crippen LogP contribution >= 0.6 is 0 Å². The molecular formula is C13H17NO2. The van der Waals surface area contributed by atoms with Gasteiger partial charge in [0.2, 0.25) is 0 Å². The molecule has 0 spiro atoms. The molecule has 0 bridgehead atoms. The molecule has 0 radical (unpaired) electrons. The SMILES string of the molecule is CC(C)Oc1cccc(C(=O)NC2CC2)c1. The molecule has 0 heterocycles. The van der Waals surface area contributed by atoms with Crippen LogP contribution in [-0.2, 0) is 0 Å². The van der Waals surface area contributed by atoms with Gasteiger partial charge in [0.05, 0.1) is 6.10 Å². The fraction of sp³-hybridized carbons (Fsp3) is 0.462. The Hall–Kier alpha value is -1.51. The molecule has 86 valence electrons. The van der Waals surface area contributed by atoms with Gasteiger partial charge in [-0.3, -0.25) is 4.79 Å². The normalized spacial score (nSPS) is 14.9. The summed E-state index contributed by atoms with van der Waals surface area (Å²) in [6, 6.07) is 7.71. The van der Waals surface area contributed by atoms with Crippen molar-refractivity contribution in [3.8, 4) is 5.75 Å². The van der Waals surface area contributed by atoms with E-state index < -0.39 is 0 Å². The lowest BCUT2D eigenvalue weighted by Gasteiger charge is -2.10. The summed E-state index contributed by atoms with van der Waals surface area (Å²) < 4.78 is 5.55. The molecule has 0 aliphatic heterocycles. The molecule has 1 aromatic rings. The average Bonchev–Trinajstić information content (AvgIpc) is 3.01. The van der Waals surface area contributed by atoms with Crippen LogP contribution in [0.3, 0.4) is 0 Å². The molecule has 2 rings (SSSR count). The molecular weight excluding hydrogens is 202 g/mol. The van der Waals surface area contributed by atoms with Crippen molar-refractivity contribution < 1.29 is 9.53 Å². The number of hydrogen-bond acceptors (Lipinski definition) is 2. The number of carbonyl (C=O) groups is 1. The molecule has 0 aromatic heterocycles. The molecule has 1 N–H and O–H groups in total. The predicted octanol–water partition coefficient (Wildman–Crippen LogP) is 2.37. The molecule has 3 heteroatoms. The zero-order valence-electron chi connectivity index (χ0n) is 9.69. The zero-order valence-corrected chi connectivity index (χ0v) is 9.69. The molecule has 0 saturated heterocycles. The van der Waals surface area contributed by atoms with Crippen molar-refractivity contribution in [2.45, 2.75) is 38.8 Å². The van der Waals surface area contributed by atoms with Crippen LogP contribution in [0.1, 0.15) is 37.0 Å². The van der Waals surface area contributed by atoms with Crippen molar-refractivity contribution in [2.24, 2.45) is 0 Å². The first-order valence-corrected chi connectivity index (χ1v) is 5.73. The van der Waals surface area contributed by atoms with Gasteiger partial charge in [-0.25, -0.2) is 0 Å². The van der Waals surface area contributed by atoms with E-state index in [-0.39, 0.29) is 12.0 Å². The van der Waals surface area contributed by atoms with E-state index in [1.165, 1.54) is 0 Å². The Morgan fingerprint density at radius 2 is 2.19 bits per heavy atom. The van der Waals surface area contributed by atoms with E-state index in [2.05, 4.69) is 5.32 Å². The van der Waals surface area contributed by atoms with E-state index in [0.717, 1.165) is 18.6 Å². The number of amides is 1. The Labute approximate surface area is 95.8 Å². The highest BCUT2D eigenvalue weighted by molar-refractivity contribution is 5.94. The van der Waals surface area contributed by atoms with Crippen molar-refractivity contribution in [1.82, 2.24) is 5.32 Å². The van der Waals surface area contributed by atoms with Gasteiger partial charge < -0.3 is 10.1 Å².